The zero-order chi connectivity index (χ0) is 16.4. The first-order valence-corrected chi connectivity index (χ1v) is 7.98. The van der Waals surface area contributed by atoms with Crippen LogP contribution in [-0.2, 0) is 0 Å². The second-order valence-corrected chi connectivity index (χ2v) is 5.69. The Morgan fingerprint density at radius 2 is 1.54 bits per heavy atom. The minimum absolute atomic E-state index is 0.564. The quantitative estimate of drug-likeness (QED) is 0.789. The summed E-state index contributed by atoms with van der Waals surface area (Å²) in [6.07, 6.45) is 5.09. The molecule has 0 aliphatic carbocycles. The Morgan fingerprint density at radius 1 is 0.833 bits per heavy atom. The lowest BCUT2D eigenvalue weighted by Gasteiger charge is -2.37. The number of nitrogens with two attached hydrogens (primary N) is 1. The van der Waals surface area contributed by atoms with Crippen molar-refractivity contribution in [1.29, 1.82) is 0 Å². The minimum atomic E-state index is 0.564. The fourth-order valence-electron chi connectivity index (χ4n) is 3.02. The van der Waals surface area contributed by atoms with Crippen LogP contribution in [0.15, 0.2) is 55.1 Å². The molecule has 1 saturated heterocycles. The van der Waals surface area contributed by atoms with Crippen LogP contribution in [-0.4, -0.2) is 45.9 Å². The van der Waals surface area contributed by atoms with E-state index in [4.69, 9.17) is 5.73 Å². The average Bonchev–Trinajstić information content (AvgIpc) is 3.17. The van der Waals surface area contributed by atoms with Crippen molar-refractivity contribution in [3.8, 4) is 5.82 Å². The standard InChI is InChI=1S/C17H19N7/c18-15-16(19-13-20-17(15)24-8-4-7-21-24)23-11-9-22(10-12-23)14-5-2-1-3-6-14/h1-8,13H,9-12,18H2. The summed E-state index contributed by atoms with van der Waals surface area (Å²) in [7, 11) is 0. The molecule has 3 aromatic rings. The van der Waals surface area contributed by atoms with Gasteiger partial charge in [-0.3, -0.25) is 0 Å². The monoisotopic (exact) mass is 321 g/mol. The highest BCUT2D eigenvalue weighted by atomic mass is 15.3. The van der Waals surface area contributed by atoms with Gasteiger partial charge in [-0.25, -0.2) is 14.6 Å². The van der Waals surface area contributed by atoms with Crippen LogP contribution in [0.25, 0.3) is 5.82 Å². The maximum absolute atomic E-state index is 6.31. The van der Waals surface area contributed by atoms with Gasteiger partial charge < -0.3 is 15.5 Å². The first-order valence-electron chi connectivity index (χ1n) is 7.98. The van der Waals surface area contributed by atoms with Crippen LogP contribution in [0.2, 0.25) is 0 Å². The number of benzene rings is 1. The van der Waals surface area contributed by atoms with Crippen LogP contribution in [0.3, 0.4) is 0 Å². The summed E-state index contributed by atoms with van der Waals surface area (Å²) in [5, 5.41) is 4.20. The van der Waals surface area contributed by atoms with E-state index in [9.17, 15) is 0 Å². The molecule has 7 nitrogen and oxygen atoms in total. The van der Waals surface area contributed by atoms with Crippen molar-refractivity contribution in [2.24, 2.45) is 0 Å². The van der Waals surface area contributed by atoms with Gasteiger partial charge in [0.05, 0.1) is 0 Å². The van der Waals surface area contributed by atoms with Gasteiger partial charge in [0.25, 0.3) is 0 Å². The van der Waals surface area contributed by atoms with Gasteiger partial charge in [0.1, 0.15) is 12.0 Å². The molecule has 1 aliphatic heterocycles. The summed E-state index contributed by atoms with van der Waals surface area (Å²) < 4.78 is 1.67. The summed E-state index contributed by atoms with van der Waals surface area (Å²) in [5.41, 5.74) is 8.13. The summed E-state index contributed by atoms with van der Waals surface area (Å²) in [4.78, 5) is 13.3. The number of hydrogen-bond acceptors (Lipinski definition) is 6. The third kappa shape index (κ3) is 2.64. The molecule has 7 heteroatoms. The van der Waals surface area contributed by atoms with E-state index in [1.165, 1.54) is 5.69 Å². The van der Waals surface area contributed by atoms with Gasteiger partial charge in [0.2, 0.25) is 0 Å². The maximum Gasteiger partial charge on any atom is 0.181 e. The third-order valence-electron chi connectivity index (χ3n) is 4.26. The fraction of sp³-hybridized carbons (Fsp3) is 0.235. The van der Waals surface area contributed by atoms with E-state index in [0.29, 0.717) is 11.5 Å². The predicted molar refractivity (Wildman–Crippen MR) is 94.4 cm³/mol. The molecule has 1 fully saturated rings. The van der Waals surface area contributed by atoms with Gasteiger partial charge in [-0.15, -0.1) is 0 Å². The molecule has 1 aliphatic rings. The Kier molecular flexibility index (Phi) is 3.74. The van der Waals surface area contributed by atoms with Crippen LogP contribution in [0.1, 0.15) is 0 Å². The molecule has 1 aromatic carbocycles. The van der Waals surface area contributed by atoms with Crippen molar-refractivity contribution in [2.45, 2.75) is 0 Å². The topological polar surface area (TPSA) is 76.1 Å². The molecule has 0 atom stereocenters. The Labute approximate surface area is 140 Å². The number of nitrogens with zero attached hydrogens (tertiary/aromatic N) is 6. The highest BCUT2D eigenvalue weighted by Gasteiger charge is 2.21. The summed E-state index contributed by atoms with van der Waals surface area (Å²) in [5.74, 6) is 1.40. The number of para-hydroxylation sites is 1. The number of hydrogen-bond donors (Lipinski definition) is 1. The lowest BCUT2D eigenvalue weighted by atomic mass is 10.2. The van der Waals surface area contributed by atoms with Gasteiger partial charge in [-0.2, -0.15) is 5.10 Å². The molecule has 0 saturated carbocycles. The number of aromatic nitrogens is 4. The highest BCUT2D eigenvalue weighted by Crippen LogP contribution is 2.26. The Hall–Kier alpha value is -3.09. The van der Waals surface area contributed by atoms with Crippen molar-refractivity contribution < 1.29 is 0 Å². The second kappa shape index (κ2) is 6.19. The van der Waals surface area contributed by atoms with E-state index < -0.39 is 0 Å². The van der Waals surface area contributed by atoms with Gasteiger partial charge in [0, 0.05) is 44.3 Å². The molecule has 2 aromatic heterocycles. The second-order valence-electron chi connectivity index (χ2n) is 5.69. The van der Waals surface area contributed by atoms with Crippen LogP contribution in [0.5, 0.6) is 0 Å². The van der Waals surface area contributed by atoms with E-state index in [2.05, 4.69) is 49.1 Å². The molecular weight excluding hydrogens is 302 g/mol. The lowest BCUT2D eigenvalue weighted by Crippen LogP contribution is -2.47. The Morgan fingerprint density at radius 3 is 2.25 bits per heavy atom. The zero-order valence-electron chi connectivity index (χ0n) is 13.3. The number of piperazine rings is 1. The SMILES string of the molecule is Nc1c(N2CCN(c3ccccc3)CC2)ncnc1-n1cccn1. The molecule has 0 amide bonds. The normalized spacial score (nSPS) is 14.8. The van der Waals surface area contributed by atoms with E-state index in [1.54, 1.807) is 17.2 Å². The fourth-order valence-corrected chi connectivity index (χ4v) is 3.02. The van der Waals surface area contributed by atoms with E-state index in [0.717, 1.165) is 32.0 Å². The van der Waals surface area contributed by atoms with Gasteiger partial charge in [0.15, 0.2) is 11.6 Å². The highest BCUT2D eigenvalue weighted by molar-refractivity contribution is 5.70. The van der Waals surface area contributed by atoms with Gasteiger partial charge in [-0.1, -0.05) is 18.2 Å². The smallest absolute Gasteiger partial charge is 0.181 e. The van der Waals surface area contributed by atoms with Gasteiger partial charge in [-0.05, 0) is 18.2 Å². The molecule has 2 N–H and O–H groups in total. The molecule has 0 unspecified atom stereocenters. The van der Waals surface area contributed by atoms with Crippen LogP contribution in [0, 0.1) is 0 Å². The zero-order valence-corrected chi connectivity index (χ0v) is 13.3. The molecule has 3 heterocycles. The van der Waals surface area contributed by atoms with E-state index in [1.807, 2.05) is 18.3 Å². The average molecular weight is 321 g/mol. The van der Waals surface area contributed by atoms with Crippen molar-refractivity contribution in [2.75, 3.05) is 41.7 Å². The van der Waals surface area contributed by atoms with Crippen LogP contribution < -0.4 is 15.5 Å². The molecule has 24 heavy (non-hydrogen) atoms. The molecule has 122 valence electrons. The largest absolute Gasteiger partial charge is 0.393 e. The molecule has 4 rings (SSSR count). The molecule has 0 bridgehead atoms. The molecular formula is C17H19N7. The summed E-state index contributed by atoms with van der Waals surface area (Å²) in [6.45, 7) is 3.61. The number of anilines is 3. The lowest BCUT2D eigenvalue weighted by molar-refractivity contribution is 0.647. The number of nitrogen functional groups attached to an aromatic ring is 1. The maximum atomic E-state index is 6.31. The molecule has 0 spiro atoms. The first-order chi connectivity index (χ1) is 11.8. The van der Waals surface area contributed by atoms with E-state index in [-0.39, 0.29) is 0 Å². The van der Waals surface area contributed by atoms with Crippen LogP contribution >= 0.6 is 0 Å². The van der Waals surface area contributed by atoms with Crippen molar-refractivity contribution in [1.82, 2.24) is 19.7 Å². The first kappa shape index (κ1) is 14.5. The predicted octanol–water partition coefficient (Wildman–Crippen LogP) is 1.57. The van der Waals surface area contributed by atoms with Crippen LogP contribution in [0.4, 0.5) is 17.2 Å². The molecule has 0 radical (unpaired) electrons. The number of rotatable bonds is 3. The summed E-state index contributed by atoms with van der Waals surface area (Å²) in [6, 6.07) is 12.3. The van der Waals surface area contributed by atoms with E-state index >= 15 is 0 Å². The van der Waals surface area contributed by atoms with Crippen molar-refractivity contribution >= 4 is 17.2 Å². The Bertz CT molecular complexity index is 793. The summed E-state index contributed by atoms with van der Waals surface area (Å²) >= 11 is 0. The third-order valence-corrected chi connectivity index (χ3v) is 4.26. The van der Waals surface area contributed by atoms with Crippen molar-refractivity contribution in [3.05, 3.63) is 55.1 Å². The van der Waals surface area contributed by atoms with Crippen molar-refractivity contribution in [3.63, 3.8) is 0 Å². The van der Waals surface area contributed by atoms with Gasteiger partial charge >= 0.3 is 0 Å². The minimum Gasteiger partial charge on any atom is -0.393 e. The Balaban J connectivity index is 1.53.